The molecule has 0 spiro atoms. The lowest BCUT2D eigenvalue weighted by Gasteiger charge is -2.40. The standard InChI is InChI=1S/C39H46N2O8.C21H18N2O2.ClH/c1-38(2,3)48-33(44)19-28(40)30(42)15-21-11-12-25-23(13-21)18-24-14-22(16-31(43)29(41)20-34(45)49-39(4,5)6)17-32-35(24)36(25)26-9-7-8-10-27(26)37(46)47-32;22-13-5-6-15-11(8-13)7-12-9-14(23)10-18-19(12)20(15)16-3-1-2-4-17(16)21(24)25-18;/h7-14,17,28-29,32,35-36H,15-16,18-20,40-41H2,1-6H3;1-6,8-10,18-20H,7,22-23H2;1H/t28-,29-,32?,35?,36?;;/m0../s1. The molecule has 0 aromatic heterocycles. The number of Topliss-reactive ketones (excluding diaryl/α,β-unsaturated/α-hetero) is 2. The highest BCUT2D eigenvalue weighted by atomic mass is 35.5. The van der Waals surface area contributed by atoms with Crippen LogP contribution in [0.2, 0.25) is 0 Å². The zero-order valence-electron chi connectivity index (χ0n) is 43.1. The number of ether oxygens (including phenoxy) is 4. The second-order valence-electron chi connectivity index (χ2n) is 22.2. The normalized spacial score (nSPS) is 22.4. The number of nitrogens with two attached hydrogens (primary N) is 4. The minimum atomic E-state index is -1.05. The third-order valence-corrected chi connectivity index (χ3v) is 14.3. The number of ketones is 2. The van der Waals surface area contributed by atoms with Gasteiger partial charge < -0.3 is 41.9 Å². The van der Waals surface area contributed by atoms with E-state index >= 15 is 0 Å². The Labute approximate surface area is 443 Å². The number of halogens is 1. The molecular formula is C60H65ClN4O10. The van der Waals surface area contributed by atoms with Crippen LogP contribution in [0.25, 0.3) is 0 Å². The lowest BCUT2D eigenvalue weighted by molar-refractivity contribution is -0.156. The number of hydrogen-bond acceptors (Lipinski definition) is 14. The first-order valence-corrected chi connectivity index (χ1v) is 25.2. The van der Waals surface area contributed by atoms with E-state index in [4.69, 9.17) is 41.9 Å². The van der Waals surface area contributed by atoms with Crippen molar-refractivity contribution in [1.29, 1.82) is 0 Å². The molecule has 0 radical (unpaired) electrons. The number of anilines is 1. The molecule has 15 heteroatoms. The second kappa shape index (κ2) is 21.2. The largest absolute Gasteiger partial charge is 0.460 e. The molecule has 0 saturated carbocycles. The predicted octanol–water partition coefficient (Wildman–Crippen LogP) is 7.90. The van der Waals surface area contributed by atoms with Crippen molar-refractivity contribution in [3.8, 4) is 0 Å². The van der Waals surface area contributed by atoms with Crippen LogP contribution in [0.4, 0.5) is 5.69 Å². The van der Waals surface area contributed by atoms with E-state index in [1.807, 2.05) is 91.0 Å². The van der Waals surface area contributed by atoms with E-state index in [-0.39, 0.29) is 85.4 Å². The number of allylic oxidation sites excluding steroid dienone is 3. The molecule has 4 aromatic carbocycles. The molecule has 14 nitrogen and oxygen atoms in total. The first kappa shape index (κ1) is 54.1. The van der Waals surface area contributed by atoms with E-state index in [1.54, 1.807) is 53.7 Å². The van der Waals surface area contributed by atoms with Crippen LogP contribution in [-0.4, -0.2) is 70.9 Å². The number of rotatable bonds is 10. The number of benzene rings is 4. The van der Waals surface area contributed by atoms with Crippen LogP contribution in [0.3, 0.4) is 0 Å². The fourth-order valence-corrected chi connectivity index (χ4v) is 11.4. The van der Waals surface area contributed by atoms with Crippen molar-refractivity contribution < 1.29 is 47.7 Å². The lowest BCUT2D eigenvalue weighted by Crippen LogP contribution is -2.37. The smallest absolute Gasteiger partial charge is 0.339 e. The zero-order valence-corrected chi connectivity index (χ0v) is 43.9. The van der Waals surface area contributed by atoms with Crippen LogP contribution in [0.5, 0.6) is 0 Å². The van der Waals surface area contributed by atoms with Gasteiger partial charge in [-0.3, -0.25) is 19.2 Å². The molecule has 392 valence electrons. The predicted molar refractivity (Wildman–Crippen MR) is 286 cm³/mol. The van der Waals surface area contributed by atoms with Crippen LogP contribution >= 0.6 is 12.4 Å². The summed E-state index contributed by atoms with van der Waals surface area (Å²) in [5.74, 6) is -2.68. The van der Waals surface area contributed by atoms with Gasteiger partial charge in [-0.15, -0.1) is 12.4 Å². The number of nitrogen functional groups attached to an aromatic ring is 1. The van der Waals surface area contributed by atoms with Crippen molar-refractivity contribution in [1.82, 2.24) is 0 Å². The Hall–Kier alpha value is -7.13. The summed E-state index contributed by atoms with van der Waals surface area (Å²) in [5.41, 5.74) is 35.4. The Bertz CT molecular complexity index is 3120. The van der Waals surface area contributed by atoms with Crippen molar-refractivity contribution in [2.24, 2.45) is 29.0 Å². The summed E-state index contributed by atoms with van der Waals surface area (Å²) in [7, 11) is 0. The average Bonchev–Trinajstić information content (AvgIpc) is 3.52. The maximum Gasteiger partial charge on any atom is 0.339 e. The number of carbonyl (C=O) groups excluding carboxylic acids is 6. The fourth-order valence-electron chi connectivity index (χ4n) is 11.4. The van der Waals surface area contributed by atoms with Crippen molar-refractivity contribution in [3.63, 3.8) is 0 Å². The highest BCUT2D eigenvalue weighted by Crippen LogP contribution is 2.52. The van der Waals surface area contributed by atoms with Crippen molar-refractivity contribution in [3.05, 3.63) is 182 Å². The topological polar surface area (TPSA) is 243 Å². The van der Waals surface area contributed by atoms with Gasteiger partial charge in [-0.25, -0.2) is 9.59 Å². The van der Waals surface area contributed by atoms with E-state index in [1.165, 1.54) is 16.7 Å². The van der Waals surface area contributed by atoms with Crippen LogP contribution < -0.4 is 22.9 Å². The molecule has 0 bridgehead atoms. The van der Waals surface area contributed by atoms with Gasteiger partial charge in [0.1, 0.15) is 23.4 Å². The molecule has 2 aliphatic heterocycles. The summed E-state index contributed by atoms with van der Waals surface area (Å²) in [4.78, 5) is 77.0. The molecule has 4 aromatic rings. The molecule has 0 saturated heterocycles. The molecule has 75 heavy (non-hydrogen) atoms. The first-order chi connectivity index (χ1) is 35.0. The van der Waals surface area contributed by atoms with E-state index in [0.29, 0.717) is 28.8 Å². The summed E-state index contributed by atoms with van der Waals surface area (Å²) in [5, 5.41) is 0. The number of hydrogen-bond donors (Lipinski definition) is 4. The van der Waals surface area contributed by atoms with Gasteiger partial charge in [0.25, 0.3) is 0 Å². The van der Waals surface area contributed by atoms with Crippen LogP contribution in [-0.2, 0) is 57.4 Å². The minimum absolute atomic E-state index is 0. The molecule has 2 heterocycles. The van der Waals surface area contributed by atoms with Crippen molar-refractivity contribution in [2.75, 3.05) is 5.73 Å². The third-order valence-electron chi connectivity index (χ3n) is 14.3. The quantitative estimate of drug-likeness (QED) is 0.0671. The van der Waals surface area contributed by atoms with Crippen LogP contribution in [0.1, 0.15) is 132 Å². The van der Waals surface area contributed by atoms with Crippen LogP contribution in [0.15, 0.2) is 132 Å². The van der Waals surface area contributed by atoms with Crippen molar-refractivity contribution >= 4 is 53.5 Å². The molecule has 8 atom stereocenters. The van der Waals surface area contributed by atoms with Gasteiger partial charge in [-0.1, -0.05) is 77.9 Å². The van der Waals surface area contributed by atoms with Crippen LogP contribution in [0, 0.1) is 11.8 Å². The molecule has 8 N–H and O–H groups in total. The van der Waals surface area contributed by atoms with Gasteiger partial charge in [-0.2, -0.15) is 0 Å². The average molecular weight is 1040 g/mol. The molecule has 0 fully saturated rings. The summed E-state index contributed by atoms with van der Waals surface area (Å²) < 4.78 is 22.6. The molecule has 6 aliphatic rings. The molecular weight excluding hydrogens is 972 g/mol. The first-order valence-electron chi connectivity index (χ1n) is 25.2. The fraction of sp³-hybridized carbons (Fsp3) is 0.367. The van der Waals surface area contributed by atoms with Gasteiger partial charge >= 0.3 is 23.9 Å². The van der Waals surface area contributed by atoms with Gasteiger partial charge in [0.2, 0.25) is 0 Å². The highest BCUT2D eigenvalue weighted by molar-refractivity contribution is 5.94. The SMILES string of the molecule is CC(C)(C)OC(=O)C[C@H](N)C(=O)CC1=CC2OC(=O)c3ccccc3C3c4ccc(CC(=O)[C@@H](N)CC(=O)OC(C)(C)C)cc4CC(=C1)C23.Cl.NC1=CC2OC(=O)c3ccccc3C3c4ccc(N)cc4CC(=C1)C23. The molecule has 6 unspecified atom stereocenters. The monoisotopic (exact) mass is 1040 g/mol. The van der Waals surface area contributed by atoms with E-state index in [0.717, 1.165) is 45.5 Å². The number of esters is 4. The molecule has 10 rings (SSSR count). The minimum Gasteiger partial charge on any atom is -0.460 e. The number of fused-ring (bicyclic) bond motifs is 8. The van der Waals surface area contributed by atoms with E-state index in [2.05, 4.69) is 6.07 Å². The maximum atomic E-state index is 13.4. The van der Waals surface area contributed by atoms with Gasteiger partial charge in [0.15, 0.2) is 11.6 Å². The molecule has 4 aliphatic carbocycles. The Kier molecular flexibility index (Phi) is 15.3. The summed E-state index contributed by atoms with van der Waals surface area (Å²) in [6, 6.07) is 25.0. The number of carbonyl (C=O) groups is 6. The summed E-state index contributed by atoms with van der Waals surface area (Å²) in [6.45, 7) is 10.5. The Morgan fingerprint density at radius 1 is 0.600 bits per heavy atom. The zero-order chi connectivity index (χ0) is 53.0. The van der Waals surface area contributed by atoms with E-state index in [9.17, 15) is 28.8 Å². The lowest BCUT2D eigenvalue weighted by atomic mass is 9.64. The van der Waals surface area contributed by atoms with Gasteiger partial charge in [0, 0.05) is 47.9 Å². The summed E-state index contributed by atoms with van der Waals surface area (Å²) in [6.07, 6.45) is 7.58. The van der Waals surface area contributed by atoms with Gasteiger partial charge in [-0.05, 0) is 141 Å². The summed E-state index contributed by atoms with van der Waals surface area (Å²) >= 11 is 0. The third kappa shape index (κ3) is 11.7. The molecule has 0 amide bonds. The van der Waals surface area contributed by atoms with Crippen molar-refractivity contribution in [2.45, 2.75) is 127 Å². The highest BCUT2D eigenvalue weighted by Gasteiger charge is 2.47. The Morgan fingerprint density at radius 3 is 1.60 bits per heavy atom. The Morgan fingerprint density at radius 2 is 1.07 bits per heavy atom. The van der Waals surface area contributed by atoms with Gasteiger partial charge in [0.05, 0.1) is 36.1 Å². The second-order valence-corrected chi connectivity index (χ2v) is 22.2. The van der Waals surface area contributed by atoms with E-state index < -0.39 is 47.3 Å². The Balaban J connectivity index is 0.000000239. The maximum absolute atomic E-state index is 13.4.